The Kier molecular flexibility index (Phi) is 3.29. The van der Waals surface area contributed by atoms with E-state index in [1.165, 1.54) is 0 Å². The van der Waals surface area contributed by atoms with Crippen LogP contribution < -0.4 is 0 Å². The SMILES string of the molecule is Br[C@@H]1C[C@H]2C[C@H](C[C@H](Br)C23OCCO3)C12OCCO2. The molecule has 6 heteroatoms. The summed E-state index contributed by atoms with van der Waals surface area (Å²) < 4.78 is 24.0. The summed E-state index contributed by atoms with van der Waals surface area (Å²) in [4.78, 5) is 0.437. The molecule has 0 amide bonds. The van der Waals surface area contributed by atoms with Gasteiger partial charge in [-0.2, -0.15) is 0 Å². The summed E-state index contributed by atoms with van der Waals surface area (Å²) in [5.74, 6) is -0.0484. The van der Waals surface area contributed by atoms with Gasteiger partial charge in [-0.05, 0) is 19.3 Å². The Morgan fingerprint density at radius 1 is 0.632 bits per heavy atom. The predicted octanol–water partition coefficient (Wildman–Crippen LogP) is 2.43. The zero-order valence-corrected chi connectivity index (χ0v) is 13.8. The number of hydrogen-bond donors (Lipinski definition) is 0. The highest BCUT2D eigenvalue weighted by Gasteiger charge is 2.64. The van der Waals surface area contributed by atoms with Crippen molar-refractivity contribution in [1.29, 1.82) is 0 Å². The number of fused-ring (bicyclic) bond motifs is 4. The van der Waals surface area contributed by atoms with Crippen LogP contribution in [0.3, 0.4) is 0 Å². The monoisotopic (exact) mass is 396 g/mol. The van der Waals surface area contributed by atoms with Gasteiger partial charge in [-0.3, -0.25) is 0 Å². The normalized spacial score (nSPS) is 47.1. The molecular weight excluding hydrogens is 380 g/mol. The molecule has 4 fully saturated rings. The quantitative estimate of drug-likeness (QED) is 0.588. The highest BCUT2D eigenvalue weighted by Crippen LogP contribution is 2.58. The fourth-order valence-electron chi connectivity index (χ4n) is 4.25. The number of alkyl halides is 2. The maximum Gasteiger partial charge on any atom is 0.183 e. The maximum absolute atomic E-state index is 6.01. The van der Waals surface area contributed by atoms with E-state index in [4.69, 9.17) is 18.9 Å². The van der Waals surface area contributed by atoms with E-state index in [-0.39, 0.29) is 9.65 Å². The second kappa shape index (κ2) is 4.65. The lowest BCUT2D eigenvalue weighted by Crippen LogP contribution is -2.63. The first kappa shape index (κ1) is 13.5. The minimum atomic E-state index is -0.428. The lowest BCUT2D eigenvalue weighted by Gasteiger charge is -2.55. The van der Waals surface area contributed by atoms with Crippen LogP contribution in [0.1, 0.15) is 19.3 Å². The van der Waals surface area contributed by atoms with Crippen molar-refractivity contribution in [3.05, 3.63) is 0 Å². The lowest BCUT2D eigenvalue weighted by atomic mass is 9.66. The van der Waals surface area contributed by atoms with Crippen molar-refractivity contribution in [1.82, 2.24) is 0 Å². The Labute approximate surface area is 129 Å². The van der Waals surface area contributed by atoms with Crippen molar-refractivity contribution >= 4 is 31.9 Å². The molecule has 2 aliphatic carbocycles. The fourth-order valence-corrected chi connectivity index (χ4v) is 6.43. The summed E-state index contributed by atoms with van der Waals surface area (Å²) in [6.07, 6.45) is 3.00. The van der Waals surface area contributed by atoms with Crippen LogP contribution in [-0.2, 0) is 18.9 Å². The molecule has 0 N–H and O–H groups in total. The molecule has 0 radical (unpaired) electrons. The second-order valence-electron chi connectivity index (χ2n) is 5.87. The molecular formula is C13H18Br2O4. The van der Waals surface area contributed by atoms with Gasteiger partial charge in [0.1, 0.15) is 0 Å². The molecule has 2 spiro atoms. The molecule has 19 heavy (non-hydrogen) atoms. The molecule has 2 bridgehead atoms. The van der Waals surface area contributed by atoms with E-state index in [0.29, 0.717) is 38.3 Å². The van der Waals surface area contributed by atoms with Gasteiger partial charge < -0.3 is 18.9 Å². The van der Waals surface area contributed by atoms with E-state index in [9.17, 15) is 0 Å². The molecule has 2 saturated heterocycles. The largest absolute Gasteiger partial charge is 0.346 e. The Hall–Kier alpha value is 0.800. The minimum absolute atomic E-state index is 0.218. The lowest BCUT2D eigenvalue weighted by molar-refractivity contribution is -0.277. The summed E-state index contributed by atoms with van der Waals surface area (Å²) in [6.45, 7) is 2.81. The van der Waals surface area contributed by atoms with Crippen molar-refractivity contribution in [2.24, 2.45) is 11.8 Å². The number of ether oxygens (including phenoxy) is 4. The Bertz CT molecular complexity index is 328. The van der Waals surface area contributed by atoms with E-state index in [1.54, 1.807) is 0 Å². The summed E-state index contributed by atoms with van der Waals surface area (Å²) in [5.41, 5.74) is 0. The Morgan fingerprint density at radius 2 is 1.00 bits per heavy atom. The average Bonchev–Trinajstić information content (AvgIpc) is 3.05. The number of rotatable bonds is 0. The molecule has 4 atom stereocenters. The van der Waals surface area contributed by atoms with Crippen molar-refractivity contribution in [3.63, 3.8) is 0 Å². The van der Waals surface area contributed by atoms with Crippen LogP contribution in [0, 0.1) is 11.8 Å². The van der Waals surface area contributed by atoms with E-state index < -0.39 is 11.6 Å². The summed E-state index contributed by atoms with van der Waals surface area (Å²) >= 11 is 7.60. The first-order chi connectivity index (χ1) is 9.17. The highest BCUT2D eigenvalue weighted by atomic mass is 79.9. The van der Waals surface area contributed by atoms with Crippen molar-refractivity contribution in [2.45, 2.75) is 40.5 Å². The molecule has 4 nitrogen and oxygen atoms in total. The molecule has 0 unspecified atom stereocenters. The topological polar surface area (TPSA) is 36.9 Å². The van der Waals surface area contributed by atoms with Gasteiger partial charge in [0, 0.05) is 11.8 Å². The molecule has 4 aliphatic rings. The molecule has 0 aromatic heterocycles. The van der Waals surface area contributed by atoms with Gasteiger partial charge in [0.15, 0.2) is 11.6 Å². The third-order valence-electron chi connectivity index (χ3n) is 5.04. The molecule has 108 valence electrons. The second-order valence-corrected chi connectivity index (χ2v) is 8.08. The van der Waals surface area contributed by atoms with E-state index in [0.717, 1.165) is 19.3 Å². The van der Waals surface area contributed by atoms with Gasteiger partial charge in [0.05, 0.1) is 36.1 Å². The highest BCUT2D eigenvalue weighted by molar-refractivity contribution is 9.09. The van der Waals surface area contributed by atoms with Crippen LogP contribution in [-0.4, -0.2) is 47.7 Å². The van der Waals surface area contributed by atoms with Gasteiger partial charge in [-0.15, -0.1) is 0 Å². The summed E-state index contributed by atoms with van der Waals surface area (Å²) in [5, 5.41) is 0. The van der Waals surface area contributed by atoms with E-state index in [2.05, 4.69) is 31.9 Å². The van der Waals surface area contributed by atoms with Crippen molar-refractivity contribution in [2.75, 3.05) is 26.4 Å². The van der Waals surface area contributed by atoms with Crippen LogP contribution in [0.4, 0.5) is 0 Å². The predicted molar refractivity (Wildman–Crippen MR) is 75.5 cm³/mol. The molecule has 0 aromatic rings. The van der Waals surface area contributed by atoms with Gasteiger partial charge in [-0.25, -0.2) is 0 Å². The molecule has 2 aliphatic heterocycles. The standard InChI is InChI=1S/C13H18Br2O4/c14-10-7-9-5-8(12(10)16-1-2-17-12)6-11(15)13(9)18-3-4-19-13/h8-11H,1-7H2/t8-,9-,10-,11+/m1/s1. The fraction of sp³-hybridized carbons (Fsp3) is 1.00. The first-order valence-corrected chi connectivity index (χ1v) is 8.84. The number of hydrogen-bond acceptors (Lipinski definition) is 4. The van der Waals surface area contributed by atoms with Crippen LogP contribution in [0.15, 0.2) is 0 Å². The maximum atomic E-state index is 6.01. The zero-order valence-electron chi connectivity index (χ0n) is 10.6. The van der Waals surface area contributed by atoms with Gasteiger partial charge in [-0.1, -0.05) is 31.9 Å². The van der Waals surface area contributed by atoms with Gasteiger partial charge >= 0.3 is 0 Å². The third kappa shape index (κ3) is 1.77. The van der Waals surface area contributed by atoms with Crippen LogP contribution in [0.25, 0.3) is 0 Å². The molecule has 0 aromatic carbocycles. The van der Waals surface area contributed by atoms with Crippen LogP contribution >= 0.6 is 31.9 Å². The van der Waals surface area contributed by atoms with E-state index >= 15 is 0 Å². The summed E-state index contributed by atoms with van der Waals surface area (Å²) in [7, 11) is 0. The van der Waals surface area contributed by atoms with Gasteiger partial charge in [0.25, 0.3) is 0 Å². The van der Waals surface area contributed by atoms with Gasteiger partial charge in [0.2, 0.25) is 0 Å². The first-order valence-electron chi connectivity index (χ1n) is 7.01. The average molecular weight is 398 g/mol. The zero-order chi connectivity index (χ0) is 13.1. The molecule has 2 saturated carbocycles. The Morgan fingerprint density at radius 3 is 1.37 bits per heavy atom. The Balaban J connectivity index is 1.66. The molecule has 2 heterocycles. The van der Waals surface area contributed by atoms with Crippen LogP contribution in [0.2, 0.25) is 0 Å². The third-order valence-corrected chi connectivity index (χ3v) is 7.06. The minimum Gasteiger partial charge on any atom is -0.346 e. The van der Waals surface area contributed by atoms with E-state index in [1.807, 2.05) is 0 Å². The smallest absolute Gasteiger partial charge is 0.183 e. The number of halogens is 2. The van der Waals surface area contributed by atoms with Crippen LogP contribution in [0.5, 0.6) is 0 Å². The van der Waals surface area contributed by atoms with Crippen molar-refractivity contribution < 1.29 is 18.9 Å². The molecule has 4 rings (SSSR count). The summed E-state index contributed by atoms with van der Waals surface area (Å²) in [6, 6.07) is 0. The van der Waals surface area contributed by atoms with Crippen molar-refractivity contribution in [3.8, 4) is 0 Å².